The molecule has 0 saturated carbocycles. The Hall–Kier alpha value is -3.25. The summed E-state index contributed by atoms with van der Waals surface area (Å²) in [6.07, 6.45) is 1.54. The van der Waals surface area contributed by atoms with E-state index in [2.05, 4.69) is 26.5 Å². The van der Waals surface area contributed by atoms with Crippen LogP contribution in [0.2, 0.25) is 0 Å². The number of hydrogen-bond donors (Lipinski definition) is 1. The molecule has 0 spiro atoms. The lowest BCUT2D eigenvalue weighted by Gasteiger charge is -2.33. The van der Waals surface area contributed by atoms with Gasteiger partial charge in [-0.15, -0.1) is 0 Å². The van der Waals surface area contributed by atoms with E-state index in [1.165, 1.54) is 10.5 Å². The van der Waals surface area contributed by atoms with E-state index in [1.54, 1.807) is 43.5 Å². The zero-order valence-electron chi connectivity index (χ0n) is 20.9. The Bertz CT molecular complexity index is 1360. The van der Waals surface area contributed by atoms with Crippen LogP contribution in [0.25, 0.3) is 0 Å². The lowest BCUT2D eigenvalue weighted by Crippen LogP contribution is -2.50. The van der Waals surface area contributed by atoms with Crippen LogP contribution in [0.5, 0.6) is 11.5 Å². The Morgan fingerprint density at radius 3 is 2.39 bits per heavy atom. The molecule has 0 aromatic heterocycles. The van der Waals surface area contributed by atoms with Gasteiger partial charge in [-0.3, -0.25) is 9.69 Å². The van der Waals surface area contributed by atoms with Gasteiger partial charge in [-0.2, -0.15) is 9.41 Å². The van der Waals surface area contributed by atoms with Crippen LogP contribution in [0.3, 0.4) is 0 Å². The van der Waals surface area contributed by atoms with E-state index in [4.69, 9.17) is 9.47 Å². The normalized spacial score (nSPS) is 14.9. The van der Waals surface area contributed by atoms with Crippen molar-refractivity contribution in [2.75, 3.05) is 39.8 Å². The topological polar surface area (TPSA) is 101 Å². The van der Waals surface area contributed by atoms with Crippen molar-refractivity contribution in [2.45, 2.75) is 11.5 Å². The van der Waals surface area contributed by atoms with E-state index < -0.39 is 10.0 Å². The van der Waals surface area contributed by atoms with Gasteiger partial charge >= 0.3 is 0 Å². The summed E-state index contributed by atoms with van der Waals surface area (Å²) in [6.45, 7) is 2.05. The van der Waals surface area contributed by atoms with Gasteiger partial charge < -0.3 is 9.47 Å². The fraction of sp³-hybridized carbons (Fsp3) is 0.259. The maximum Gasteiger partial charge on any atom is 0.254 e. The van der Waals surface area contributed by atoms with Gasteiger partial charge in [0.25, 0.3) is 5.91 Å². The highest BCUT2D eigenvalue weighted by atomic mass is 79.9. The molecule has 38 heavy (non-hydrogen) atoms. The van der Waals surface area contributed by atoms with Crippen LogP contribution in [0.4, 0.5) is 0 Å². The Labute approximate surface area is 231 Å². The highest BCUT2D eigenvalue weighted by molar-refractivity contribution is 9.10. The maximum absolute atomic E-state index is 12.9. The summed E-state index contributed by atoms with van der Waals surface area (Å²) in [5.74, 6) is 0.894. The number of nitrogens with zero attached hydrogens (tertiary/aromatic N) is 3. The molecule has 1 fully saturated rings. The molecule has 11 heteroatoms. The number of hydrogen-bond acceptors (Lipinski definition) is 7. The van der Waals surface area contributed by atoms with Crippen LogP contribution < -0.4 is 14.9 Å². The molecule has 0 unspecified atom stereocenters. The number of halogens is 1. The molecule has 4 rings (SSSR count). The lowest BCUT2D eigenvalue weighted by atomic mass is 10.2. The first-order chi connectivity index (χ1) is 18.3. The molecule has 0 atom stereocenters. The van der Waals surface area contributed by atoms with Crippen LogP contribution in [0.15, 0.2) is 87.3 Å². The van der Waals surface area contributed by atoms with Gasteiger partial charge in [-0.25, -0.2) is 13.8 Å². The third-order valence-electron chi connectivity index (χ3n) is 5.98. The third kappa shape index (κ3) is 7.41. The fourth-order valence-corrected chi connectivity index (χ4v) is 5.61. The predicted molar refractivity (Wildman–Crippen MR) is 149 cm³/mol. The van der Waals surface area contributed by atoms with Crippen molar-refractivity contribution in [3.05, 3.63) is 88.4 Å². The standard InChI is InChI=1S/C27H29BrN4O5S/c1-36-25-12-7-22(17-26(25)37-20-21-5-3-2-4-6-21)18-29-30-27(33)19-31-13-15-32(16-14-31)38(34,35)24-10-8-23(28)9-11-24/h2-12,17-18H,13-16,19-20H2,1H3,(H,30,33)/b29-18-. The number of sulfonamides is 1. The number of rotatable bonds is 10. The summed E-state index contributed by atoms with van der Waals surface area (Å²) in [4.78, 5) is 14.6. The third-order valence-corrected chi connectivity index (χ3v) is 8.42. The molecule has 3 aromatic rings. The maximum atomic E-state index is 12.9. The number of piperazine rings is 1. The molecule has 1 saturated heterocycles. The Morgan fingerprint density at radius 1 is 1.00 bits per heavy atom. The molecular weight excluding hydrogens is 572 g/mol. The molecule has 0 aliphatic carbocycles. The minimum atomic E-state index is -3.56. The fourth-order valence-electron chi connectivity index (χ4n) is 3.92. The first kappa shape index (κ1) is 27.8. The molecular formula is C27H29BrN4O5S. The second-order valence-corrected chi connectivity index (χ2v) is 11.5. The van der Waals surface area contributed by atoms with E-state index in [0.29, 0.717) is 44.3 Å². The summed E-state index contributed by atoms with van der Waals surface area (Å²) < 4.78 is 39.3. The van der Waals surface area contributed by atoms with Gasteiger partial charge in [0.1, 0.15) is 6.61 Å². The monoisotopic (exact) mass is 600 g/mol. The zero-order chi connectivity index (χ0) is 27.0. The average molecular weight is 602 g/mol. The Morgan fingerprint density at radius 2 is 1.71 bits per heavy atom. The number of benzene rings is 3. The van der Waals surface area contributed by atoms with E-state index in [1.807, 2.05) is 41.3 Å². The number of amides is 1. The minimum absolute atomic E-state index is 0.123. The van der Waals surface area contributed by atoms with Crippen LogP contribution in [-0.2, 0) is 21.4 Å². The second-order valence-electron chi connectivity index (χ2n) is 8.61. The SMILES string of the molecule is COc1ccc(/C=N\NC(=O)CN2CCN(S(=O)(=O)c3ccc(Br)cc3)CC2)cc1OCc1ccccc1. The largest absolute Gasteiger partial charge is 0.493 e. The molecule has 1 amide bonds. The summed E-state index contributed by atoms with van der Waals surface area (Å²) in [5, 5.41) is 4.07. The first-order valence-electron chi connectivity index (χ1n) is 12.0. The van der Waals surface area contributed by atoms with Crippen LogP contribution in [0, 0.1) is 0 Å². The molecule has 0 radical (unpaired) electrons. The minimum Gasteiger partial charge on any atom is -0.493 e. The van der Waals surface area contributed by atoms with E-state index in [0.717, 1.165) is 15.6 Å². The Kier molecular flexibility index (Phi) is 9.51. The number of methoxy groups -OCH3 is 1. The molecule has 200 valence electrons. The molecule has 1 aliphatic rings. The van der Waals surface area contributed by atoms with Crippen molar-refractivity contribution >= 4 is 38.1 Å². The molecule has 1 aliphatic heterocycles. The number of nitrogens with one attached hydrogen (secondary N) is 1. The smallest absolute Gasteiger partial charge is 0.254 e. The zero-order valence-corrected chi connectivity index (χ0v) is 23.3. The first-order valence-corrected chi connectivity index (χ1v) is 14.2. The second kappa shape index (κ2) is 13.0. The quantitative estimate of drug-likeness (QED) is 0.282. The molecule has 0 bridgehead atoms. The van der Waals surface area contributed by atoms with Crippen LogP contribution >= 0.6 is 15.9 Å². The van der Waals surface area contributed by atoms with E-state index in [9.17, 15) is 13.2 Å². The van der Waals surface area contributed by atoms with Crippen molar-refractivity contribution in [3.8, 4) is 11.5 Å². The van der Waals surface area contributed by atoms with Crippen molar-refractivity contribution in [3.63, 3.8) is 0 Å². The number of ether oxygens (including phenoxy) is 2. The summed E-state index contributed by atoms with van der Waals surface area (Å²) in [7, 11) is -1.98. The van der Waals surface area contributed by atoms with Gasteiger partial charge in [0, 0.05) is 30.7 Å². The summed E-state index contributed by atoms with van der Waals surface area (Å²) in [6, 6.07) is 21.8. The van der Waals surface area contributed by atoms with Crippen molar-refractivity contribution in [1.29, 1.82) is 0 Å². The van der Waals surface area contributed by atoms with Crippen LogP contribution in [-0.4, -0.2) is 69.6 Å². The van der Waals surface area contributed by atoms with Gasteiger partial charge in [0.05, 0.1) is 24.8 Å². The van der Waals surface area contributed by atoms with Crippen molar-refractivity contribution < 1.29 is 22.7 Å². The van der Waals surface area contributed by atoms with Crippen LogP contribution in [0.1, 0.15) is 11.1 Å². The number of hydrazone groups is 1. The van der Waals surface area contributed by atoms with E-state index in [-0.39, 0.29) is 17.3 Å². The Balaban J connectivity index is 1.26. The van der Waals surface area contributed by atoms with Gasteiger partial charge in [0.15, 0.2) is 11.5 Å². The molecule has 9 nitrogen and oxygen atoms in total. The summed E-state index contributed by atoms with van der Waals surface area (Å²) in [5.41, 5.74) is 4.31. The van der Waals surface area contributed by atoms with Gasteiger partial charge in [-0.05, 0) is 53.6 Å². The highest BCUT2D eigenvalue weighted by Gasteiger charge is 2.29. The van der Waals surface area contributed by atoms with Crippen molar-refractivity contribution in [1.82, 2.24) is 14.6 Å². The lowest BCUT2D eigenvalue weighted by molar-refractivity contribution is -0.122. The van der Waals surface area contributed by atoms with Gasteiger partial charge in [0.2, 0.25) is 10.0 Å². The number of carbonyl (C=O) groups excluding carboxylic acids is 1. The molecule has 3 aromatic carbocycles. The summed E-state index contributed by atoms with van der Waals surface area (Å²) >= 11 is 3.32. The van der Waals surface area contributed by atoms with Gasteiger partial charge in [-0.1, -0.05) is 46.3 Å². The number of carbonyl (C=O) groups is 1. The van der Waals surface area contributed by atoms with Crippen molar-refractivity contribution in [2.24, 2.45) is 5.10 Å². The highest BCUT2D eigenvalue weighted by Crippen LogP contribution is 2.28. The predicted octanol–water partition coefficient (Wildman–Crippen LogP) is 3.49. The average Bonchev–Trinajstić information content (AvgIpc) is 2.93. The van der Waals surface area contributed by atoms with E-state index >= 15 is 0 Å². The molecule has 1 N–H and O–H groups in total. The molecule has 1 heterocycles.